The van der Waals surface area contributed by atoms with Gasteiger partial charge in [-0.15, -0.1) is 11.6 Å². The number of hydrogen-bond acceptors (Lipinski definition) is 4. The number of ether oxygens (including phenoxy) is 4. The SMILES string of the molecule is ClCCOCC1COC(C2CCC3OC3C2)O1. The Hall–Kier alpha value is 0.130. The van der Waals surface area contributed by atoms with E-state index in [4.69, 9.17) is 30.5 Å². The van der Waals surface area contributed by atoms with E-state index in [1.165, 1.54) is 0 Å². The average Bonchev–Trinajstić information content (AvgIpc) is 2.98. The Labute approximate surface area is 106 Å². The molecule has 3 fully saturated rings. The molecule has 2 aliphatic heterocycles. The maximum Gasteiger partial charge on any atom is 0.161 e. The van der Waals surface area contributed by atoms with Gasteiger partial charge in [0, 0.05) is 11.8 Å². The molecule has 98 valence electrons. The van der Waals surface area contributed by atoms with Crippen LogP contribution in [-0.4, -0.2) is 50.3 Å². The van der Waals surface area contributed by atoms with Crippen molar-refractivity contribution < 1.29 is 18.9 Å². The lowest BCUT2D eigenvalue weighted by atomic mass is 9.89. The summed E-state index contributed by atoms with van der Waals surface area (Å²) in [7, 11) is 0. The smallest absolute Gasteiger partial charge is 0.161 e. The maximum atomic E-state index is 5.87. The minimum Gasteiger partial charge on any atom is -0.377 e. The molecule has 5 atom stereocenters. The summed E-state index contributed by atoms with van der Waals surface area (Å²) in [6.07, 6.45) is 4.44. The van der Waals surface area contributed by atoms with E-state index >= 15 is 0 Å². The second-order valence-corrected chi connectivity index (χ2v) is 5.39. The third-order valence-corrected chi connectivity index (χ3v) is 3.88. The van der Waals surface area contributed by atoms with Crippen LogP contribution >= 0.6 is 11.6 Å². The van der Waals surface area contributed by atoms with Crippen molar-refractivity contribution in [3.63, 3.8) is 0 Å². The molecule has 1 saturated carbocycles. The van der Waals surface area contributed by atoms with Gasteiger partial charge in [0.2, 0.25) is 0 Å². The Kier molecular flexibility index (Phi) is 3.87. The van der Waals surface area contributed by atoms with Gasteiger partial charge in [0.25, 0.3) is 0 Å². The molecular weight excluding hydrogens is 244 g/mol. The summed E-state index contributed by atoms with van der Waals surface area (Å²) in [6, 6.07) is 0. The Morgan fingerprint density at radius 3 is 2.94 bits per heavy atom. The highest BCUT2D eigenvalue weighted by molar-refractivity contribution is 6.17. The van der Waals surface area contributed by atoms with Crippen LogP contribution in [0.15, 0.2) is 0 Å². The van der Waals surface area contributed by atoms with E-state index < -0.39 is 0 Å². The number of epoxide rings is 1. The van der Waals surface area contributed by atoms with Gasteiger partial charge >= 0.3 is 0 Å². The monoisotopic (exact) mass is 262 g/mol. The lowest BCUT2D eigenvalue weighted by molar-refractivity contribution is -0.111. The van der Waals surface area contributed by atoms with Crippen LogP contribution in [0.2, 0.25) is 0 Å². The molecule has 4 nitrogen and oxygen atoms in total. The summed E-state index contributed by atoms with van der Waals surface area (Å²) in [6.45, 7) is 1.80. The van der Waals surface area contributed by atoms with Crippen molar-refractivity contribution in [3.8, 4) is 0 Å². The lowest BCUT2D eigenvalue weighted by Gasteiger charge is -2.24. The minimum atomic E-state index is -0.0512. The summed E-state index contributed by atoms with van der Waals surface area (Å²) in [4.78, 5) is 0. The Morgan fingerprint density at radius 2 is 2.12 bits per heavy atom. The summed E-state index contributed by atoms with van der Waals surface area (Å²) in [5, 5.41) is 0. The van der Waals surface area contributed by atoms with Crippen molar-refractivity contribution in [2.24, 2.45) is 5.92 Å². The average molecular weight is 263 g/mol. The van der Waals surface area contributed by atoms with Gasteiger partial charge in [-0.1, -0.05) is 0 Å². The number of halogens is 1. The number of alkyl halides is 1. The molecule has 0 bridgehead atoms. The fourth-order valence-electron chi connectivity index (χ4n) is 2.76. The first-order valence-electron chi connectivity index (χ1n) is 6.43. The molecule has 0 spiro atoms. The molecule has 17 heavy (non-hydrogen) atoms. The van der Waals surface area contributed by atoms with Crippen molar-refractivity contribution in [1.29, 1.82) is 0 Å². The molecule has 0 amide bonds. The molecule has 1 aliphatic carbocycles. The molecule has 0 N–H and O–H groups in total. The van der Waals surface area contributed by atoms with Gasteiger partial charge in [-0.05, 0) is 19.3 Å². The first-order valence-corrected chi connectivity index (χ1v) is 6.96. The van der Waals surface area contributed by atoms with Gasteiger partial charge < -0.3 is 18.9 Å². The topological polar surface area (TPSA) is 40.2 Å². The largest absolute Gasteiger partial charge is 0.377 e. The minimum absolute atomic E-state index is 0.0512. The van der Waals surface area contributed by atoms with Crippen LogP contribution in [0.25, 0.3) is 0 Å². The van der Waals surface area contributed by atoms with Crippen LogP contribution in [0.1, 0.15) is 19.3 Å². The standard InChI is InChI=1S/C12H19ClO4/c13-3-4-14-6-9-7-15-12(16-9)8-1-2-10-11(5-8)17-10/h8-12H,1-7H2. The molecule has 5 unspecified atom stereocenters. The zero-order chi connectivity index (χ0) is 11.7. The van der Waals surface area contributed by atoms with E-state index in [-0.39, 0.29) is 12.4 Å². The van der Waals surface area contributed by atoms with Crippen LogP contribution in [-0.2, 0) is 18.9 Å². The van der Waals surface area contributed by atoms with E-state index in [0.29, 0.717) is 43.8 Å². The molecule has 0 aromatic carbocycles. The third-order valence-electron chi connectivity index (χ3n) is 3.73. The summed E-state index contributed by atoms with van der Waals surface area (Å²) >= 11 is 5.55. The van der Waals surface area contributed by atoms with Crippen molar-refractivity contribution in [1.82, 2.24) is 0 Å². The van der Waals surface area contributed by atoms with Crippen molar-refractivity contribution >= 4 is 11.6 Å². The zero-order valence-corrected chi connectivity index (χ0v) is 10.6. The fraction of sp³-hybridized carbons (Fsp3) is 1.00. The van der Waals surface area contributed by atoms with Crippen molar-refractivity contribution in [2.45, 2.75) is 43.9 Å². The summed E-state index contributed by atoms with van der Waals surface area (Å²) < 4.78 is 22.5. The third kappa shape index (κ3) is 2.93. The molecule has 3 aliphatic rings. The fourth-order valence-corrected chi connectivity index (χ4v) is 2.87. The van der Waals surface area contributed by atoms with E-state index in [9.17, 15) is 0 Å². The second-order valence-electron chi connectivity index (χ2n) is 5.01. The van der Waals surface area contributed by atoms with Crippen LogP contribution in [0.5, 0.6) is 0 Å². The molecule has 0 radical (unpaired) electrons. The van der Waals surface area contributed by atoms with Crippen LogP contribution in [0.4, 0.5) is 0 Å². The highest BCUT2D eigenvalue weighted by Gasteiger charge is 2.47. The molecule has 3 rings (SSSR count). The molecular formula is C12H19ClO4. The Balaban J connectivity index is 1.40. The highest BCUT2D eigenvalue weighted by Crippen LogP contribution is 2.42. The molecule has 0 aromatic rings. The number of hydrogen-bond donors (Lipinski definition) is 0. The van der Waals surface area contributed by atoms with Crippen LogP contribution in [0.3, 0.4) is 0 Å². The number of rotatable bonds is 5. The normalized spacial score (nSPS) is 44.6. The highest BCUT2D eigenvalue weighted by atomic mass is 35.5. The van der Waals surface area contributed by atoms with E-state index in [1.807, 2.05) is 0 Å². The molecule has 0 aromatic heterocycles. The Bertz CT molecular complexity index is 263. The van der Waals surface area contributed by atoms with Crippen LogP contribution in [0, 0.1) is 5.92 Å². The van der Waals surface area contributed by atoms with Gasteiger partial charge in [-0.2, -0.15) is 0 Å². The predicted octanol–water partition coefficient (Wildman–Crippen LogP) is 1.55. The Morgan fingerprint density at radius 1 is 1.18 bits per heavy atom. The first-order chi connectivity index (χ1) is 8.36. The van der Waals surface area contributed by atoms with Gasteiger partial charge in [0.05, 0.1) is 32.0 Å². The zero-order valence-electron chi connectivity index (χ0n) is 9.85. The predicted molar refractivity (Wildman–Crippen MR) is 62.2 cm³/mol. The van der Waals surface area contributed by atoms with E-state index in [2.05, 4.69) is 0 Å². The number of fused-ring (bicyclic) bond motifs is 1. The summed E-state index contributed by atoms with van der Waals surface area (Å²) in [5.41, 5.74) is 0. The van der Waals surface area contributed by atoms with Crippen LogP contribution < -0.4 is 0 Å². The van der Waals surface area contributed by atoms with Gasteiger partial charge in [-0.25, -0.2) is 0 Å². The van der Waals surface area contributed by atoms with Crippen molar-refractivity contribution in [2.75, 3.05) is 25.7 Å². The second kappa shape index (κ2) is 5.41. The molecule has 2 heterocycles. The van der Waals surface area contributed by atoms with E-state index in [0.717, 1.165) is 19.3 Å². The molecule has 2 saturated heterocycles. The maximum absolute atomic E-state index is 5.87. The lowest BCUT2D eigenvalue weighted by Crippen LogP contribution is -2.28. The molecule has 5 heteroatoms. The summed E-state index contributed by atoms with van der Waals surface area (Å²) in [5.74, 6) is 1.02. The first kappa shape index (κ1) is 12.2. The van der Waals surface area contributed by atoms with Crippen molar-refractivity contribution in [3.05, 3.63) is 0 Å². The quantitative estimate of drug-likeness (QED) is 0.428. The van der Waals surface area contributed by atoms with E-state index in [1.54, 1.807) is 0 Å². The van der Waals surface area contributed by atoms with Gasteiger partial charge in [-0.3, -0.25) is 0 Å². The van der Waals surface area contributed by atoms with Gasteiger partial charge in [0.15, 0.2) is 6.29 Å². The van der Waals surface area contributed by atoms with Gasteiger partial charge in [0.1, 0.15) is 6.10 Å².